The number of hydrogen-bond donors (Lipinski definition) is 0. The Morgan fingerprint density at radius 2 is 1.31 bits per heavy atom. The summed E-state index contributed by atoms with van der Waals surface area (Å²) in [5, 5.41) is 7.98. The van der Waals surface area contributed by atoms with Crippen molar-refractivity contribution in [2.45, 2.75) is 34.6 Å². The van der Waals surface area contributed by atoms with E-state index in [0.717, 1.165) is 0 Å². The minimum absolute atomic E-state index is 1.19. The van der Waals surface area contributed by atoms with Crippen LogP contribution >= 0.6 is 22.7 Å². The molecule has 0 atom stereocenters. The summed E-state index contributed by atoms with van der Waals surface area (Å²) in [4.78, 5) is 2.28. The quantitative estimate of drug-likeness (QED) is 0.148. The number of aromatic nitrogens is 1. The summed E-state index contributed by atoms with van der Waals surface area (Å²) in [5.74, 6) is 0. The molecule has 0 radical (unpaired) electrons. The number of rotatable bonds is 7. The fourth-order valence-electron chi connectivity index (χ4n) is 7.86. The Morgan fingerprint density at radius 1 is 0.593 bits per heavy atom. The topological polar surface area (TPSA) is 8.17 Å². The molecule has 264 valence electrons. The van der Waals surface area contributed by atoms with Gasteiger partial charge in [-0.2, -0.15) is 0 Å². The normalized spacial score (nSPS) is 13.3. The zero-order valence-electron chi connectivity index (χ0n) is 31.6. The lowest BCUT2D eigenvalue weighted by Crippen LogP contribution is -2.15. The molecule has 3 aromatic heterocycles. The van der Waals surface area contributed by atoms with Crippen LogP contribution in [0.25, 0.3) is 79.0 Å². The van der Waals surface area contributed by atoms with Gasteiger partial charge in [-0.3, -0.25) is 0 Å². The van der Waals surface area contributed by atoms with Gasteiger partial charge in [0.15, 0.2) is 0 Å². The molecule has 9 rings (SSSR count). The second-order valence-electron chi connectivity index (χ2n) is 14.4. The zero-order chi connectivity index (χ0) is 37.1. The van der Waals surface area contributed by atoms with Crippen LogP contribution in [-0.2, 0) is 0 Å². The minimum Gasteiger partial charge on any atom is -0.348 e. The first kappa shape index (κ1) is 34.1. The lowest BCUT2D eigenvalue weighted by molar-refractivity contribution is 1.08. The van der Waals surface area contributed by atoms with Crippen molar-refractivity contribution in [2.75, 3.05) is 11.9 Å². The minimum atomic E-state index is 1.19. The summed E-state index contributed by atoms with van der Waals surface area (Å²) in [7, 11) is 2.15. The van der Waals surface area contributed by atoms with Crippen LogP contribution in [0.2, 0.25) is 0 Å². The molecule has 0 fully saturated rings. The first-order valence-corrected chi connectivity index (χ1v) is 20.2. The molecule has 3 heterocycles. The van der Waals surface area contributed by atoms with Crippen LogP contribution in [0.1, 0.15) is 33.3 Å². The van der Waals surface area contributed by atoms with E-state index in [0.29, 0.717) is 0 Å². The summed E-state index contributed by atoms with van der Waals surface area (Å²) in [6, 6.07) is 43.1. The summed E-state index contributed by atoms with van der Waals surface area (Å²) >= 11 is 3.82. The molecule has 0 aliphatic heterocycles. The highest BCUT2D eigenvalue weighted by Crippen LogP contribution is 2.45. The van der Waals surface area contributed by atoms with E-state index in [1.54, 1.807) is 0 Å². The van der Waals surface area contributed by atoms with Gasteiger partial charge in [0.25, 0.3) is 0 Å². The second-order valence-corrected chi connectivity index (χ2v) is 16.5. The molecular formula is C50H42N2S2. The van der Waals surface area contributed by atoms with Crippen molar-refractivity contribution in [1.82, 2.24) is 4.57 Å². The van der Waals surface area contributed by atoms with Crippen molar-refractivity contribution < 1.29 is 0 Å². The molecule has 0 unspecified atom stereocenters. The second kappa shape index (κ2) is 13.6. The fraction of sp³-hybridized carbons (Fsp3) is 0.120. The molecule has 0 N–H and O–H groups in total. The van der Waals surface area contributed by atoms with Crippen molar-refractivity contribution in [3.05, 3.63) is 168 Å². The van der Waals surface area contributed by atoms with Crippen molar-refractivity contribution >= 4 is 90.5 Å². The van der Waals surface area contributed by atoms with E-state index in [1.807, 2.05) is 29.6 Å². The van der Waals surface area contributed by atoms with E-state index in [-0.39, 0.29) is 0 Å². The maximum Gasteiger partial charge on any atom is 0.0541 e. The predicted octanol–water partition coefficient (Wildman–Crippen LogP) is 15.3. The van der Waals surface area contributed by atoms with Gasteiger partial charge in [0.1, 0.15) is 0 Å². The van der Waals surface area contributed by atoms with Crippen molar-refractivity contribution in [3.63, 3.8) is 0 Å². The van der Waals surface area contributed by atoms with Gasteiger partial charge in [0, 0.05) is 75.2 Å². The molecule has 0 aliphatic carbocycles. The van der Waals surface area contributed by atoms with Crippen LogP contribution in [0.5, 0.6) is 0 Å². The third-order valence-corrected chi connectivity index (χ3v) is 13.4. The number of anilines is 1. The van der Waals surface area contributed by atoms with Gasteiger partial charge >= 0.3 is 0 Å². The SMILES string of the molecule is C\C=C/C=C(C)/C(C)=C/C=C(\C)N(C)c1ccc(-c2ccc3c(c2)c2ccccc2n3-c2ccc3c(c2)sc2ccc4c5ccccc5sc4c23)cc1C. The monoisotopic (exact) mass is 734 g/mol. The number of hydrogen-bond acceptors (Lipinski definition) is 3. The van der Waals surface area contributed by atoms with E-state index in [1.165, 1.54) is 107 Å². The third-order valence-electron chi connectivity index (χ3n) is 11.0. The maximum absolute atomic E-state index is 2.44. The average molecular weight is 735 g/mol. The molecule has 54 heavy (non-hydrogen) atoms. The van der Waals surface area contributed by atoms with Crippen molar-refractivity contribution in [2.24, 2.45) is 0 Å². The molecular weight excluding hydrogens is 693 g/mol. The zero-order valence-corrected chi connectivity index (χ0v) is 33.2. The van der Waals surface area contributed by atoms with Crippen LogP contribution in [0.4, 0.5) is 5.69 Å². The highest BCUT2D eigenvalue weighted by atomic mass is 32.1. The van der Waals surface area contributed by atoms with Crippen LogP contribution in [0, 0.1) is 6.92 Å². The van der Waals surface area contributed by atoms with Crippen molar-refractivity contribution in [1.29, 1.82) is 0 Å². The highest BCUT2D eigenvalue weighted by molar-refractivity contribution is 7.29. The van der Waals surface area contributed by atoms with E-state index < -0.39 is 0 Å². The maximum atomic E-state index is 2.44. The van der Waals surface area contributed by atoms with Gasteiger partial charge < -0.3 is 9.47 Å². The molecule has 0 saturated heterocycles. The molecule has 0 bridgehead atoms. The van der Waals surface area contributed by atoms with Gasteiger partial charge in [0.05, 0.1) is 11.0 Å². The lowest BCUT2D eigenvalue weighted by Gasteiger charge is -2.23. The van der Waals surface area contributed by atoms with Crippen LogP contribution < -0.4 is 4.90 Å². The van der Waals surface area contributed by atoms with E-state index >= 15 is 0 Å². The number of aryl methyl sites for hydroxylation is 1. The van der Waals surface area contributed by atoms with Gasteiger partial charge in [-0.15, -0.1) is 22.7 Å². The van der Waals surface area contributed by atoms with Gasteiger partial charge in [-0.25, -0.2) is 0 Å². The van der Waals surface area contributed by atoms with Crippen LogP contribution in [-0.4, -0.2) is 11.6 Å². The van der Waals surface area contributed by atoms with Gasteiger partial charge in [-0.05, 0) is 123 Å². The molecule has 0 aliphatic rings. The predicted molar refractivity (Wildman–Crippen MR) is 241 cm³/mol. The Bertz CT molecular complexity index is 3060. The first-order valence-electron chi connectivity index (χ1n) is 18.6. The number of allylic oxidation sites excluding steroid dienone is 8. The largest absolute Gasteiger partial charge is 0.348 e. The number of nitrogens with zero attached hydrogens (tertiary/aromatic N) is 2. The summed E-state index contributed by atoms with van der Waals surface area (Å²) in [6.45, 7) is 10.8. The molecule has 9 aromatic rings. The Kier molecular flexibility index (Phi) is 8.61. The van der Waals surface area contributed by atoms with Crippen molar-refractivity contribution in [3.8, 4) is 16.8 Å². The lowest BCUT2D eigenvalue weighted by atomic mass is 10.00. The molecule has 4 heteroatoms. The smallest absolute Gasteiger partial charge is 0.0541 e. The summed E-state index contributed by atoms with van der Waals surface area (Å²) < 4.78 is 7.86. The van der Waals surface area contributed by atoms with Gasteiger partial charge in [-0.1, -0.05) is 85.0 Å². The molecule has 6 aromatic carbocycles. The number of para-hydroxylation sites is 1. The third kappa shape index (κ3) is 5.69. The molecule has 2 nitrogen and oxygen atoms in total. The summed E-state index contributed by atoms with van der Waals surface area (Å²) in [5.41, 5.74) is 12.3. The fourth-order valence-corrected chi connectivity index (χ4v) is 10.3. The van der Waals surface area contributed by atoms with Crippen LogP contribution in [0.15, 0.2) is 162 Å². The number of thiophene rings is 2. The van der Waals surface area contributed by atoms with E-state index in [9.17, 15) is 0 Å². The number of benzene rings is 6. The Balaban J connectivity index is 1.08. The standard InChI is InChI=1S/C50H42N2S2/c1-7-8-13-31(2)32(3)18-19-34(5)51(6)43-25-20-35(28-33(43)4)36-21-26-45-42(29-36)38-14-9-11-16-44(38)52(45)37-22-23-41-48(30-37)53-47-27-24-40-39-15-10-12-17-46(39)54-50(40)49(41)47/h7-30H,1-6H3/b8-7-,31-13+,32-18+,34-19+. The van der Waals surface area contributed by atoms with E-state index in [4.69, 9.17) is 0 Å². The molecule has 0 spiro atoms. The van der Waals surface area contributed by atoms with Gasteiger partial charge in [0.2, 0.25) is 0 Å². The number of fused-ring (bicyclic) bond motifs is 10. The Labute approximate surface area is 324 Å². The van der Waals surface area contributed by atoms with Crippen LogP contribution in [0.3, 0.4) is 0 Å². The first-order chi connectivity index (χ1) is 26.3. The highest BCUT2D eigenvalue weighted by Gasteiger charge is 2.17. The molecule has 0 amide bonds. The Morgan fingerprint density at radius 3 is 2.15 bits per heavy atom. The van der Waals surface area contributed by atoms with E-state index in [2.05, 4.69) is 190 Å². The molecule has 0 saturated carbocycles. The average Bonchev–Trinajstić information content (AvgIpc) is 3.87. The Hall–Kier alpha value is -5.68. The summed E-state index contributed by atoms with van der Waals surface area (Å²) in [6.07, 6.45) is 10.7.